The third kappa shape index (κ3) is 1.63. The second-order valence-corrected chi connectivity index (χ2v) is 3.72. The minimum absolute atomic E-state index is 0.477. The predicted molar refractivity (Wildman–Crippen MR) is 62.2 cm³/mol. The number of nitrogen functional groups attached to an aromatic ring is 1. The van der Waals surface area contributed by atoms with E-state index in [9.17, 15) is 0 Å². The van der Waals surface area contributed by atoms with Crippen LogP contribution < -0.4 is 5.73 Å². The number of nitrogens with zero attached hydrogens (tertiary/aromatic N) is 3. The van der Waals surface area contributed by atoms with E-state index in [1.165, 1.54) is 0 Å². The average molecular weight is 212 g/mol. The van der Waals surface area contributed by atoms with Crippen molar-refractivity contribution in [3.05, 3.63) is 41.2 Å². The normalized spacial score (nSPS) is 10.1. The first-order chi connectivity index (χ1) is 7.61. The molecule has 2 aromatic rings. The summed E-state index contributed by atoms with van der Waals surface area (Å²) in [7, 11) is 0. The molecule has 0 fully saturated rings. The first-order valence-electron chi connectivity index (χ1n) is 4.95. The maximum Gasteiger partial charge on any atom is 0.101 e. The van der Waals surface area contributed by atoms with Crippen LogP contribution in [-0.4, -0.2) is 9.78 Å². The second-order valence-electron chi connectivity index (χ2n) is 3.72. The van der Waals surface area contributed by atoms with E-state index in [0.717, 1.165) is 17.1 Å². The molecule has 4 heteroatoms. The molecule has 1 heterocycles. The summed E-state index contributed by atoms with van der Waals surface area (Å²) in [6, 6.07) is 9.38. The number of hydrogen-bond acceptors (Lipinski definition) is 3. The third-order valence-corrected chi connectivity index (χ3v) is 2.41. The van der Waals surface area contributed by atoms with Crippen LogP contribution in [0.25, 0.3) is 5.69 Å². The van der Waals surface area contributed by atoms with Crippen molar-refractivity contribution < 1.29 is 0 Å². The third-order valence-electron chi connectivity index (χ3n) is 2.41. The van der Waals surface area contributed by atoms with E-state index >= 15 is 0 Å². The van der Waals surface area contributed by atoms with Gasteiger partial charge in [0.25, 0.3) is 0 Å². The van der Waals surface area contributed by atoms with E-state index in [1.54, 1.807) is 16.8 Å². The summed E-state index contributed by atoms with van der Waals surface area (Å²) >= 11 is 0. The van der Waals surface area contributed by atoms with Gasteiger partial charge in [-0.15, -0.1) is 0 Å². The lowest BCUT2D eigenvalue weighted by Gasteiger charge is -2.05. The summed E-state index contributed by atoms with van der Waals surface area (Å²) in [6.45, 7) is 3.91. The highest BCUT2D eigenvalue weighted by Crippen LogP contribution is 2.17. The Balaban J connectivity index is 2.58. The lowest BCUT2D eigenvalue weighted by atomic mass is 10.2. The minimum Gasteiger partial charge on any atom is -0.398 e. The van der Waals surface area contributed by atoms with Crippen LogP contribution in [0, 0.1) is 25.2 Å². The van der Waals surface area contributed by atoms with Crippen molar-refractivity contribution in [2.45, 2.75) is 13.8 Å². The van der Waals surface area contributed by atoms with E-state index in [0.29, 0.717) is 11.3 Å². The Bertz CT molecular complexity index is 575. The Morgan fingerprint density at radius 2 is 2.06 bits per heavy atom. The van der Waals surface area contributed by atoms with Crippen LogP contribution in [-0.2, 0) is 0 Å². The Kier molecular flexibility index (Phi) is 2.37. The summed E-state index contributed by atoms with van der Waals surface area (Å²) < 4.78 is 1.80. The molecule has 0 atom stereocenters. The summed E-state index contributed by atoms with van der Waals surface area (Å²) in [4.78, 5) is 0. The van der Waals surface area contributed by atoms with Crippen molar-refractivity contribution in [3.63, 3.8) is 0 Å². The van der Waals surface area contributed by atoms with Crippen molar-refractivity contribution in [2.75, 3.05) is 5.73 Å². The number of anilines is 1. The van der Waals surface area contributed by atoms with Gasteiger partial charge in [0.05, 0.1) is 16.9 Å². The molecule has 80 valence electrons. The second kappa shape index (κ2) is 3.70. The molecule has 2 rings (SSSR count). The first kappa shape index (κ1) is 10.2. The van der Waals surface area contributed by atoms with Gasteiger partial charge in [0.15, 0.2) is 0 Å². The van der Waals surface area contributed by atoms with E-state index in [2.05, 4.69) is 11.2 Å². The lowest BCUT2D eigenvalue weighted by molar-refractivity contribution is 0.833. The number of rotatable bonds is 1. The highest BCUT2D eigenvalue weighted by molar-refractivity contribution is 5.58. The molecule has 0 amide bonds. The maximum absolute atomic E-state index is 8.90. The summed E-state index contributed by atoms with van der Waals surface area (Å²) in [5, 5.41) is 13.3. The molecule has 0 bridgehead atoms. The SMILES string of the molecule is Cc1cc(C)n(-c2ccc(N)c(C#N)c2)n1. The highest BCUT2D eigenvalue weighted by atomic mass is 15.3. The van der Waals surface area contributed by atoms with Crippen molar-refractivity contribution >= 4 is 5.69 Å². The topological polar surface area (TPSA) is 67.6 Å². The van der Waals surface area contributed by atoms with Gasteiger partial charge in [0.1, 0.15) is 6.07 Å². The van der Waals surface area contributed by atoms with E-state index < -0.39 is 0 Å². The average Bonchev–Trinajstić information content (AvgIpc) is 2.59. The molecule has 0 radical (unpaired) electrons. The Morgan fingerprint density at radius 3 is 2.62 bits per heavy atom. The molecule has 1 aromatic heterocycles. The number of aryl methyl sites for hydroxylation is 2. The smallest absolute Gasteiger partial charge is 0.101 e. The number of hydrogen-bond donors (Lipinski definition) is 1. The van der Waals surface area contributed by atoms with E-state index in [4.69, 9.17) is 11.0 Å². The van der Waals surface area contributed by atoms with Gasteiger partial charge >= 0.3 is 0 Å². The van der Waals surface area contributed by atoms with Crippen molar-refractivity contribution in [1.29, 1.82) is 5.26 Å². The maximum atomic E-state index is 8.90. The molecule has 2 N–H and O–H groups in total. The minimum atomic E-state index is 0.477. The molecular formula is C12H12N4. The Morgan fingerprint density at radius 1 is 1.31 bits per heavy atom. The number of nitriles is 1. The summed E-state index contributed by atoms with van der Waals surface area (Å²) in [5.41, 5.74) is 9.48. The van der Waals surface area contributed by atoms with Gasteiger partial charge in [-0.3, -0.25) is 0 Å². The molecule has 0 unspecified atom stereocenters. The van der Waals surface area contributed by atoms with Crippen molar-refractivity contribution in [1.82, 2.24) is 9.78 Å². The van der Waals surface area contributed by atoms with Crippen LogP contribution in [0.3, 0.4) is 0 Å². The van der Waals surface area contributed by atoms with Gasteiger partial charge in [-0.1, -0.05) is 0 Å². The van der Waals surface area contributed by atoms with Crippen molar-refractivity contribution in [3.8, 4) is 11.8 Å². The van der Waals surface area contributed by atoms with Gasteiger partial charge < -0.3 is 5.73 Å². The van der Waals surface area contributed by atoms with Crippen LogP contribution in [0.4, 0.5) is 5.69 Å². The summed E-state index contributed by atoms with van der Waals surface area (Å²) in [5.74, 6) is 0. The fraction of sp³-hybridized carbons (Fsp3) is 0.167. The molecule has 0 aliphatic heterocycles. The van der Waals surface area contributed by atoms with Crippen LogP contribution in [0.15, 0.2) is 24.3 Å². The van der Waals surface area contributed by atoms with Crippen LogP contribution in [0.5, 0.6) is 0 Å². The fourth-order valence-corrected chi connectivity index (χ4v) is 1.66. The molecular weight excluding hydrogens is 200 g/mol. The Hall–Kier alpha value is -2.28. The van der Waals surface area contributed by atoms with Gasteiger partial charge in [-0.05, 0) is 38.1 Å². The molecule has 16 heavy (non-hydrogen) atoms. The highest BCUT2D eigenvalue weighted by Gasteiger charge is 2.06. The van der Waals surface area contributed by atoms with Gasteiger partial charge in [-0.25, -0.2) is 4.68 Å². The lowest BCUT2D eigenvalue weighted by Crippen LogP contribution is -2.00. The summed E-state index contributed by atoms with van der Waals surface area (Å²) in [6.07, 6.45) is 0. The van der Waals surface area contributed by atoms with Crippen LogP contribution in [0.2, 0.25) is 0 Å². The largest absolute Gasteiger partial charge is 0.398 e. The molecule has 0 aliphatic carbocycles. The molecule has 0 aliphatic rings. The molecule has 4 nitrogen and oxygen atoms in total. The quantitative estimate of drug-likeness (QED) is 0.734. The number of aromatic nitrogens is 2. The molecule has 0 saturated heterocycles. The predicted octanol–water partition coefficient (Wildman–Crippen LogP) is 1.94. The van der Waals surface area contributed by atoms with Gasteiger partial charge in [0.2, 0.25) is 0 Å². The molecule has 0 saturated carbocycles. The zero-order chi connectivity index (χ0) is 11.7. The van der Waals surface area contributed by atoms with Gasteiger partial charge in [0, 0.05) is 11.4 Å². The number of benzene rings is 1. The van der Waals surface area contributed by atoms with E-state index in [1.807, 2.05) is 26.0 Å². The standard InChI is InChI=1S/C12H12N4/c1-8-5-9(2)16(15-8)11-3-4-12(14)10(6-11)7-13/h3-6H,14H2,1-2H3. The Labute approximate surface area is 93.9 Å². The van der Waals surface area contributed by atoms with Crippen LogP contribution in [0.1, 0.15) is 17.0 Å². The van der Waals surface area contributed by atoms with Crippen LogP contribution >= 0.6 is 0 Å². The number of nitrogens with two attached hydrogens (primary N) is 1. The monoisotopic (exact) mass is 212 g/mol. The zero-order valence-electron chi connectivity index (χ0n) is 9.23. The fourth-order valence-electron chi connectivity index (χ4n) is 1.66. The van der Waals surface area contributed by atoms with Crippen molar-refractivity contribution in [2.24, 2.45) is 0 Å². The van der Waals surface area contributed by atoms with Gasteiger partial charge in [-0.2, -0.15) is 10.4 Å². The zero-order valence-corrected chi connectivity index (χ0v) is 9.23. The molecule has 1 aromatic carbocycles. The molecule has 0 spiro atoms. The van der Waals surface area contributed by atoms with E-state index in [-0.39, 0.29) is 0 Å². The first-order valence-corrected chi connectivity index (χ1v) is 4.95.